The molecule has 3 aromatic carbocycles. The van der Waals surface area contributed by atoms with Crippen molar-refractivity contribution in [2.75, 3.05) is 10.0 Å². The highest BCUT2D eigenvalue weighted by atomic mass is 35.5. The van der Waals surface area contributed by atoms with Gasteiger partial charge in [-0.2, -0.15) is 0 Å². The summed E-state index contributed by atoms with van der Waals surface area (Å²) >= 11 is 6.13. The van der Waals surface area contributed by atoms with Crippen LogP contribution in [0, 0.1) is 20.8 Å². The topological polar surface area (TPSA) is 75.3 Å². The van der Waals surface area contributed by atoms with Crippen molar-refractivity contribution in [1.29, 1.82) is 0 Å². The fourth-order valence-corrected chi connectivity index (χ4v) is 4.60. The van der Waals surface area contributed by atoms with Crippen LogP contribution in [0.4, 0.5) is 11.4 Å². The van der Waals surface area contributed by atoms with Crippen molar-refractivity contribution < 1.29 is 13.2 Å². The number of anilines is 2. The SMILES string of the molecule is Cc1cc(C)cc(NC(=O)c2ccc(Cl)c(S(=O)(=O)Nc3cccc(C)c3)c2)c1. The third-order valence-electron chi connectivity index (χ3n) is 4.23. The summed E-state index contributed by atoms with van der Waals surface area (Å²) in [6, 6.07) is 16.8. The third kappa shape index (κ3) is 5.16. The first-order chi connectivity index (χ1) is 13.6. The summed E-state index contributed by atoms with van der Waals surface area (Å²) in [6.45, 7) is 5.74. The highest BCUT2D eigenvalue weighted by Gasteiger charge is 2.20. The second-order valence-electron chi connectivity index (χ2n) is 6.95. The zero-order valence-electron chi connectivity index (χ0n) is 16.3. The van der Waals surface area contributed by atoms with E-state index < -0.39 is 15.9 Å². The number of rotatable bonds is 5. The van der Waals surface area contributed by atoms with E-state index in [4.69, 9.17) is 11.6 Å². The van der Waals surface area contributed by atoms with Gasteiger partial charge in [-0.1, -0.05) is 29.8 Å². The maximum Gasteiger partial charge on any atom is 0.263 e. The average molecular weight is 429 g/mol. The third-order valence-corrected chi connectivity index (χ3v) is 6.10. The summed E-state index contributed by atoms with van der Waals surface area (Å²) in [5.41, 5.74) is 4.20. The fourth-order valence-electron chi connectivity index (χ4n) is 3.02. The predicted molar refractivity (Wildman–Crippen MR) is 117 cm³/mol. The maximum atomic E-state index is 12.8. The summed E-state index contributed by atoms with van der Waals surface area (Å²) in [6.07, 6.45) is 0. The molecule has 0 spiro atoms. The van der Waals surface area contributed by atoms with Crippen LogP contribution in [-0.2, 0) is 10.0 Å². The molecule has 150 valence electrons. The lowest BCUT2D eigenvalue weighted by molar-refractivity contribution is 0.102. The van der Waals surface area contributed by atoms with Crippen LogP contribution in [0.2, 0.25) is 5.02 Å². The van der Waals surface area contributed by atoms with Crippen molar-refractivity contribution in [3.8, 4) is 0 Å². The Kier molecular flexibility index (Phi) is 5.96. The fraction of sp³-hybridized carbons (Fsp3) is 0.136. The summed E-state index contributed by atoms with van der Waals surface area (Å²) in [4.78, 5) is 12.5. The average Bonchev–Trinajstić information content (AvgIpc) is 2.60. The van der Waals surface area contributed by atoms with Gasteiger partial charge in [0, 0.05) is 16.9 Å². The number of carbonyl (C=O) groups is 1. The summed E-state index contributed by atoms with van der Waals surface area (Å²) in [5, 5.41) is 2.83. The van der Waals surface area contributed by atoms with Crippen LogP contribution in [0.1, 0.15) is 27.0 Å². The van der Waals surface area contributed by atoms with Gasteiger partial charge in [0.25, 0.3) is 15.9 Å². The Bertz CT molecular complexity index is 1170. The highest BCUT2D eigenvalue weighted by molar-refractivity contribution is 7.92. The van der Waals surface area contributed by atoms with E-state index in [1.54, 1.807) is 18.2 Å². The predicted octanol–water partition coefficient (Wildman–Crippen LogP) is 5.32. The maximum absolute atomic E-state index is 12.8. The zero-order valence-corrected chi connectivity index (χ0v) is 17.9. The minimum absolute atomic E-state index is 0.0353. The van der Waals surface area contributed by atoms with E-state index in [-0.39, 0.29) is 15.5 Å². The van der Waals surface area contributed by atoms with Crippen LogP contribution in [-0.4, -0.2) is 14.3 Å². The molecule has 0 aliphatic rings. The molecule has 3 aromatic rings. The highest BCUT2D eigenvalue weighted by Crippen LogP contribution is 2.26. The number of carbonyl (C=O) groups excluding carboxylic acids is 1. The smallest absolute Gasteiger partial charge is 0.263 e. The summed E-state index contributed by atoms with van der Waals surface area (Å²) in [7, 11) is -3.97. The molecule has 0 aliphatic heterocycles. The molecule has 0 saturated heterocycles. The molecule has 1 amide bonds. The monoisotopic (exact) mass is 428 g/mol. The molecule has 7 heteroatoms. The number of benzene rings is 3. The summed E-state index contributed by atoms with van der Waals surface area (Å²) < 4.78 is 28.2. The van der Waals surface area contributed by atoms with Crippen molar-refractivity contribution in [2.45, 2.75) is 25.7 Å². The van der Waals surface area contributed by atoms with Crippen molar-refractivity contribution in [3.05, 3.63) is 87.9 Å². The lowest BCUT2D eigenvalue weighted by Gasteiger charge is -2.12. The molecule has 0 radical (unpaired) electrons. The van der Waals surface area contributed by atoms with E-state index in [2.05, 4.69) is 10.0 Å². The van der Waals surface area contributed by atoms with E-state index in [0.29, 0.717) is 11.4 Å². The van der Waals surface area contributed by atoms with Gasteiger partial charge >= 0.3 is 0 Å². The van der Waals surface area contributed by atoms with Crippen LogP contribution in [0.5, 0.6) is 0 Å². The molecule has 0 heterocycles. The van der Waals surface area contributed by atoms with Gasteiger partial charge in [0.15, 0.2) is 0 Å². The van der Waals surface area contributed by atoms with Gasteiger partial charge in [-0.05, 0) is 79.9 Å². The number of hydrogen-bond donors (Lipinski definition) is 2. The van der Waals surface area contributed by atoms with E-state index in [0.717, 1.165) is 16.7 Å². The minimum Gasteiger partial charge on any atom is -0.322 e. The van der Waals surface area contributed by atoms with Crippen LogP contribution in [0.3, 0.4) is 0 Å². The molecule has 0 fully saturated rings. The second kappa shape index (κ2) is 8.27. The van der Waals surface area contributed by atoms with Crippen molar-refractivity contribution in [1.82, 2.24) is 0 Å². The molecule has 0 aliphatic carbocycles. The molecule has 5 nitrogen and oxygen atoms in total. The van der Waals surface area contributed by atoms with Crippen molar-refractivity contribution >= 4 is 38.9 Å². The quantitative estimate of drug-likeness (QED) is 0.577. The second-order valence-corrected chi connectivity index (χ2v) is 9.01. The van der Waals surface area contributed by atoms with Gasteiger partial charge in [0.2, 0.25) is 0 Å². The first-order valence-electron chi connectivity index (χ1n) is 8.93. The molecular formula is C22H21ClN2O3S. The van der Waals surface area contributed by atoms with E-state index in [1.807, 2.05) is 45.0 Å². The Morgan fingerprint density at radius 3 is 2.14 bits per heavy atom. The lowest BCUT2D eigenvalue weighted by Crippen LogP contribution is -2.16. The molecule has 0 saturated carbocycles. The van der Waals surface area contributed by atoms with E-state index in [1.165, 1.54) is 18.2 Å². The number of nitrogens with one attached hydrogen (secondary N) is 2. The van der Waals surface area contributed by atoms with Crippen LogP contribution in [0.25, 0.3) is 0 Å². The van der Waals surface area contributed by atoms with Gasteiger partial charge in [0.05, 0.1) is 5.02 Å². The number of sulfonamides is 1. The largest absolute Gasteiger partial charge is 0.322 e. The van der Waals surface area contributed by atoms with Crippen molar-refractivity contribution in [3.63, 3.8) is 0 Å². The van der Waals surface area contributed by atoms with E-state index >= 15 is 0 Å². The summed E-state index contributed by atoms with van der Waals surface area (Å²) in [5.74, 6) is -0.418. The zero-order chi connectivity index (χ0) is 21.2. The first-order valence-corrected chi connectivity index (χ1v) is 10.8. The van der Waals surface area contributed by atoms with Crippen LogP contribution < -0.4 is 10.0 Å². The molecule has 29 heavy (non-hydrogen) atoms. The lowest BCUT2D eigenvalue weighted by atomic mass is 10.1. The Morgan fingerprint density at radius 1 is 0.828 bits per heavy atom. The van der Waals surface area contributed by atoms with Gasteiger partial charge in [0.1, 0.15) is 4.90 Å². The van der Waals surface area contributed by atoms with Crippen molar-refractivity contribution in [2.24, 2.45) is 0 Å². The molecule has 0 atom stereocenters. The standard InChI is InChI=1S/C22H21ClN2O3S/c1-14-5-4-6-18(10-14)25-29(27,28)21-13-17(7-8-20(21)23)22(26)24-19-11-15(2)9-16(3)12-19/h4-13,25H,1-3H3,(H,24,26). The Morgan fingerprint density at radius 2 is 1.48 bits per heavy atom. The van der Waals surface area contributed by atoms with Crippen LogP contribution in [0.15, 0.2) is 65.6 Å². The normalized spacial score (nSPS) is 11.2. The molecule has 0 aromatic heterocycles. The van der Waals surface area contributed by atoms with Crippen LogP contribution >= 0.6 is 11.6 Å². The number of aryl methyl sites for hydroxylation is 3. The van der Waals surface area contributed by atoms with Gasteiger partial charge in [-0.25, -0.2) is 8.42 Å². The van der Waals surface area contributed by atoms with E-state index in [9.17, 15) is 13.2 Å². The molecule has 0 bridgehead atoms. The number of amides is 1. The molecule has 3 rings (SSSR count). The van der Waals surface area contributed by atoms with Gasteiger partial charge in [-0.15, -0.1) is 0 Å². The van der Waals surface area contributed by atoms with Gasteiger partial charge in [-0.3, -0.25) is 9.52 Å². The molecule has 2 N–H and O–H groups in total. The number of halogens is 1. The Hall–Kier alpha value is -2.83. The Balaban J connectivity index is 1.89. The van der Waals surface area contributed by atoms with Gasteiger partial charge < -0.3 is 5.32 Å². The molecule has 0 unspecified atom stereocenters. The minimum atomic E-state index is -3.97. The Labute approximate surface area is 175 Å². The number of hydrogen-bond acceptors (Lipinski definition) is 3. The first kappa shape index (κ1) is 20.9. The molecular weight excluding hydrogens is 408 g/mol.